The van der Waals surface area contributed by atoms with Crippen molar-refractivity contribution >= 4 is 11.9 Å². The molecule has 21 heavy (non-hydrogen) atoms. The van der Waals surface area contributed by atoms with Gasteiger partial charge in [0.2, 0.25) is 0 Å². The number of unbranched alkanes of at least 4 members (excludes halogenated alkanes) is 6. The van der Waals surface area contributed by atoms with Crippen LogP contribution in [-0.2, 0) is 19.1 Å². The highest BCUT2D eigenvalue weighted by Crippen LogP contribution is 2.06. The van der Waals surface area contributed by atoms with Crippen LogP contribution < -0.4 is 0 Å². The molecule has 0 aromatic carbocycles. The smallest absolute Gasteiger partial charge is 0.331 e. The van der Waals surface area contributed by atoms with E-state index in [1.165, 1.54) is 32.1 Å². The first-order valence-corrected chi connectivity index (χ1v) is 7.72. The SMILES string of the molecule is C=C(C)COC(=O)/C=C/C(=O)OCCCCCCCCC. The molecule has 0 bridgehead atoms. The van der Waals surface area contributed by atoms with E-state index in [9.17, 15) is 9.59 Å². The molecule has 0 radical (unpaired) electrons. The molecular weight excluding hydrogens is 268 g/mol. The third-order valence-corrected chi connectivity index (χ3v) is 2.81. The van der Waals surface area contributed by atoms with E-state index < -0.39 is 11.9 Å². The molecule has 0 spiro atoms. The Balaban J connectivity index is 3.53. The van der Waals surface area contributed by atoms with Crippen LogP contribution >= 0.6 is 0 Å². The van der Waals surface area contributed by atoms with E-state index in [1.54, 1.807) is 6.92 Å². The molecule has 0 rings (SSSR count). The molecule has 4 nitrogen and oxygen atoms in total. The van der Waals surface area contributed by atoms with E-state index in [0.29, 0.717) is 6.61 Å². The molecule has 0 heterocycles. The van der Waals surface area contributed by atoms with Crippen molar-refractivity contribution in [2.75, 3.05) is 13.2 Å². The fraction of sp³-hybridized carbons (Fsp3) is 0.647. The summed E-state index contributed by atoms with van der Waals surface area (Å²) < 4.78 is 9.81. The molecule has 0 aromatic heterocycles. The predicted molar refractivity (Wildman–Crippen MR) is 83.9 cm³/mol. The second kappa shape index (κ2) is 13.4. The van der Waals surface area contributed by atoms with Crippen molar-refractivity contribution in [3.05, 3.63) is 24.3 Å². The lowest BCUT2D eigenvalue weighted by Crippen LogP contribution is -2.06. The van der Waals surface area contributed by atoms with Crippen molar-refractivity contribution in [1.29, 1.82) is 0 Å². The Morgan fingerprint density at radius 1 is 0.905 bits per heavy atom. The van der Waals surface area contributed by atoms with E-state index in [1.807, 2.05) is 0 Å². The van der Waals surface area contributed by atoms with Gasteiger partial charge >= 0.3 is 11.9 Å². The summed E-state index contributed by atoms with van der Waals surface area (Å²) in [6, 6.07) is 0. The van der Waals surface area contributed by atoms with Crippen molar-refractivity contribution in [2.45, 2.75) is 58.8 Å². The summed E-state index contributed by atoms with van der Waals surface area (Å²) in [5.74, 6) is -1.07. The Hall–Kier alpha value is -1.58. The highest BCUT2D eigenvalue weighted by molar-refractivity contribution is 5.91. The summed E-state index contributed by atoms with van der Waals surface area (Å²) >= 11 is 0. The van der Waals surface area contributed by atoms with Crippen LogP contribution in [0.5, 0.6) is 0 Å². The minimum Gasteiger partial charge on any atom is -0.463 e. The number of hydrogen-bond acceptors (Lipinski definition) is 4. The third kappa shape index (κ3) is 14.6. The van der Waals surface area contributed by atoms with Gasteiger partial charge < -0.3 is 9.47 Å². The first kappa shape index (κ1) is 19.4. The van der Waals surface area contributed by atoms with Crippen LogP contribution in [0.2, 0.25) is 0 Å². The van der Waals surface area contributed by atoms with E-state index in [-0.39, 0.29) is 6.61 Å². The number of hydrogen-bond donors (Lipinski definition) is 0. The van der Waals surface area contributed by atoms with Crippen molar-refractivity contribution in [3.63, 3.8) is 0 Å². The molecule has 120 valence electrons. The second-order valence-corrected chi connectivity index (χ2v) is 5.19. The number of ether oxygens (including phenoxy) is 2. The monoisotopic (exact) mass is 296 g/mol. The zero-order valence-electron chi connectivity index (χ0n) is 13.4. The summed E-state index contributed by atoms with van der Waals surface area (Å²) in [5.41, 5.74) is 0.748. The summed E-state index contributed by atoms with van der Waals surface area (Å²) in [6.45, 7) is 8.13. The minimum atomic E-state index is -0.564. The fourth-order valence-corrected chi connectivity index (χ4v) is 1.66. The predicted octanol–water partition coefficient (Wildman–Crippen LogP) is 3.96. The van der Waals surface area contributed by atoms with Crippen LogP contribution in [0.1, 0.15) is 58.8 Å². The molecule has 0 aromatic rings. The molecule has 0 saturated heterocycles. The Labute approximate surface area is 128 Å². The Kier molecular flexibility index (Phi) is 12.4. The van der Waals surface area contributed by atoms with Crippen LogP contribution in [-0.4, -0.2) is 25.2 Å². The molecule has 0 aliphatic heterocycles. The van der Waals surface area contributed by atoms with Gasteiger partial charge in [-0.1, -0.05) is 52.0 Å². The molecule has 0 unspecified atom stereocenters. The summed E-state index contributed by atoms with van der Waals surface area (Å²) in [6.07, 6.45) is 10.4. The Morgan fingerprint density at radius 2 is 1.43 bits per heavy atom. The van der Waals surface area contributed by atoms with Gasteiger partial charge in [-0.15, -0.1) is 0 Å². The molecular formula is C17H28O4. The maximum absolute atomic E-state index is 11.3. The Bertz CT molecular complexity index is 345. The standard InChI is InChI=1S/C17H28O4/c1-4-5-6-7-8-9-10-13-20-16(18)11-12-17(19)21-14-15(2)3/h11-12H,2,4-10,13-14H2,1,3H3/b12-11+. The number of carbonyl (C=O) groups excluding carboxylic acids is 2. The topological polar surface area (TPSA) is 52.6 Å². The second-order valence-electron chi connectivity index (χ2n) is 5.19. The van der Waals surface area contributed by atoms with Crippen LogP contribution in [0.15, 0.2) is 24.3 Å². The highest BCUT2D eigenvalue weighted by Gasteiger charge is 2.01. The van der Waals surface area contributed by atoms with E-state index in [0.717, 1.165) is 30.6 Å². The average Bonchev–Trinajstić information content (AvgIpc) is 2.45. The molecule has 0 aliphatic carbocycles. The zero-order chi connectivity index (χ0) is 15.9. The first-order valence-electron chi connectivity index (χ1n) is 7.72. The zero-order valence-corrected chi connectivity index (χ0v) is 13.4. The van der Waals surface area contributed by atoms with Gasteiger partial charge in [-0.05, 0) is 18.9 Å². The summed E-state index contributed by atoms with van der Waals surface area (Å²) in [5, 5.41) is 0. The van der Waals surface area contributed by atoms with Crippen molar-refractivity contribution < 1.29 is 19.1 Å². The van der Waals surface area contributed by atoms with E-state index in [4.69, 9.17) is 9.47 Å². The lowest BCUT2D eigenvalue weighted by molar-refractivity contribution is -0.140. The molecule has 0 atom stereocenters. The number of rotatable bonds is 12. The van der Waals surface area contributed by atoms with Gasteiger partial charge in [0.25, 0.3) is 0 Å². The van der Waals surface area contributed by atoms with Crippen molar-refractivity contribution in [1.82, 2.24) is 0 Å². The molecule has 0 N–H and O–H groups in total. The van der Waals surface area contributed by atoms with Crippen molar-refractivity contribution in [2.24, 2.45) is 0 Å². The van der Waals surface area contributed by atoms with Crippen LogP contribution in [0.4, 0.5) is 0 Å². The van der Waals surface area contributed by atoms with Gasteiger partial charge in [-0.3, -0.25) is 0 Å². The van der Waals surface area contributed by atoms with Gasteiger partial charge in [0, 0.05) is 12.2 Å². The average molecular weight is 296 g/mol. The van der Waals surface area contributed by atoms with E-state index in [2.05, 4.69) is 13.5 Å². The van der Waals surface area contributed by atoms with Gasteiger partial charge in [-0.2, -0.15) is 0 Å². The molecule has 4 heteroatoms. The molecule has 0 fully saturated rings. The van der Waals surface area contributed by atoms with E-state index >= 15 is 0 Å². The quantitative estimate of drug-likeness (QED) is 0.237. The number of esters is 2. The summed E-state index contributed by atoms with van der Waals surface area (Å²) in [4.78, 5) is 22.5. The third-order valence-electron chi connectivity index (χ3n) is 2.81. The van der Waals surface area contributed by atoms with Crippen LogP contribution in [0.25, 0.3) is 0 Å². The molecule has 0 saturated carbocycles. The minimum absolute atomic E-state index is 0.163. The molecule has 0 amide bonds. The maximum Gasteiger partial charge on any atom is 0.331 e. The first-order chi connectivity index (χ1) is 10.1. The van der Waals surface area contributed by atoms with Crippen molar-refractivity contribution in [3.8, 4) is 0 Å². The number of carbonyl (C=O) groups is 2. The molecule has 0 aliphatic rings. The lowest BCUT2D eigenvalue weighted by atomic mass is 10.1. The van der Waals surface area contributed by atoms with Gasteiger partial charge in [-0.25, -0.2) is 9.59 Å². The fourth-order valence-electron chi connectivity index (χ4n) is 1.66. The van der Waals surface area contributed by atoms with Gasteiger partial charge in [0.1, 0.15) is 6.61 Å². The maximum atomic E-state index is 11.3. The van der Waals surface area contributed by atoms with Gasteiger partial charge in [0.15, 0.2) is 0 Å². The largest absolute Gasteiger partial charge is 0.463 e. The normalized spacial score (nSPS) is 10.6. The summed E-state index contributed by atoms with van der Waals surface area (Å²) in [7, 11) is 0. The highest BCUT2D eigenvalue weighted by atomic mass is 16.5. The lowest BCUT2D eigenvalue weighted by Gasteiger charge is -2.02. The van der Waals surface area contributed by atoms with Gasteiger partial charge in [0.05, 0.1) is 6.61 Å². The van der Waals surface area contributed by atoms with Crippen LogP contribution in [0.3, 0.4) is 0 Å². The Morgan fingerprint density at radius 3 is 2.00 bits per heavy atom. The van der Waals surface area contributed by atoms with Crippen LogP contribution in [0, 0.1) is 0 Å².